The van der Waals surface area contributed by atoms with Crippen LogP contribution >= 0.6 is 0 Å². The molecule has 1 heterocycles. The Morgan fingerprint density at radius 3 is 1.93 bits per heavy atom. The molecule has 0 spiro atoms. The minimum Gasteiger partial charge on any atom is -0.463 e. The first-order valence-electron chi connectivity index (χ1n) is 8.19. The van der Waals surface area contributed by atoms with E-state index in [1.54, 1.807) is 0 Å². The number of ether oxygens (including phenoxy) is 4. The smallest absolute Gasteiger partial charge is 0.303 e. The highest BCUT2D eigenvalue weighted by molar-refractivity contribution is 5.74. The third kappa shape index (κ3) is 5.76. The van der Waals surface area contributed by atoms with E-state index >= 15 is 0 Å². The van der Waals surface area contributed by atoms with Gasteiger partial charge in [0, 0.05) is 27.7 Å². The Morgan fingerprint density at radius 1 is 1.00 bits per heavy atom. The van der Waals surface area contributed by atoms with Crippen LogP contribution in [0.25, 0.3) is 0 Å². The lowest BCUT2D eigenvalue weighted by molar-refractivity contribution is -0.304. The van der Waals surface area contributed by atoms with Gasteiger partial charge in [-0.2, -0.15) is 0 Å². The maximum absolute atomic E-state index is 11.7. The lowest BCUT2D eigenvalue weighted by Crippen LogP contribution is -2.71. The Morgan fingerprint density at radius 2 is 1.52 bits per heavy atom. The molecule has 0 bridgehead atoms. The van der Waals surface area contributed by atoms with E-state index in [0.717, 1.165) is 20.8 Å². The van der Waals surface area contributed by atoms with Crippen molar-refractivity contribution in [1.29, 1.82) is 0 Å². The molecule has 0 unspecified atom stereocenters. The highest BCUT2D eigenvalue weighted by atomic mass is 16.7. The summed E-state index contributed by atoms with van der Waals surface area (Å²) in [5.74, 6) is -4.83. The molecule has 0 radical (unpaired) electrons. The van der Waals surface area contributed by atoms with Gasteiger partial charge in [-0.25, -0.2) is 0 Å². The maximum atomic E-state index is 11.7. The number of hydrogen-bond acceptors (Lipinski definition) is 9. The SMILES string of the molecule is C=C(C)[C@]1(O)O[C@H](COC(C)=O)[C@H](OC(C)=O)[C@H](OC(C)=O)[C@H]1NC(C)=O. The van der Waals surface area contributed by atoms with Gasteiger partial charge in [0.25, 0.3) is 0 Å². The molecule has 0 aliphatic carbocycles. The van der Waals surface area contributed by atoms with Crippen LogP contribution in [0.3, 0.4) is 0 Å². The minimum atomic E-state index is -2.17. The normalized spacial score (nSPS) is 30.0. The monoisotopic (exact) mass is 387 g/mol. The highest BCUT2D eigenvalue weighted by Crippen LogP contribution is 2.36. The summed E-state index contributed by atoms with van der Waals surface area (Å²) < 4.78 is 21.0. The quantitative estimate of drug-likeness (QED) is 0.353. The molecule has 2 N–H and O–H groups in total. The van der Waals surface area contributed by atoms with Crippen LogP contribution in [-0.2, 0) is 38.1 Å². The summed E-state index contributed by atoms with van der Waals surface area (Å²) in [6.07, 6.45) is -3.78. The zero-order valence-electron chi connectivity index (χ0n) is 15.9. The summed E-state index contributed by atoms with van der Waals surface area (Å²) in [6.45, 7) is 9.30. The van der Waals surface area contributed by atoms with Gasteiger partial charge in [0.2, 0.25) is 11.7 Å². The Kier molecular flexibility index (Phi) is 7.49. The van der Waals surface area contributed by atoms with E-state index in [1.165, 1.54) is 13.8 Å². The van der Waals surface area contributed by atoms with Gasteiger partial charge in [0.05, 0.1) is 0 Å². The van der Waals surface area contributed by atoms with Crippen molar-refractivity contribution in [3.63, 3.8) is 0 Å². The molecule has 0 aromatic carbocycles. The Bertz CT molecular complexity index is 632. The predicted molar refractivity (Wildman–Crippen MR) is 90.0 cm³/mol. The fourth-order valence-electron chi connectivity index (χ4n) is 2.75. The Balaban J connectivity index is 3.43. The summed E-state index contributed by atoms with van der Waals surface area (Å²) >= 11 is 0. The van der Waals surface area contributed by atoms with E-state index in [1.807, 2.05) is 0 Å². The van der Waals surface area contributed by atoms with Crippen LogP contribution in [0.5, 0.6) is 0 Å². The summed E-state index contributed by atoms with van der Waals surface area (Å²) in [6, 6.07) is -1.32. The van der Waals surface area contributed by atoms with Gasteiger partial charge in [-0.15, -0.1) is 0 Å². The lowest BCUT2D eigenvalue weighted by Gasteiger charge is -2.49. The van der Waals surface area contributed by atoms with Gasteiger partial charge in [-0.05, 0) is 12.5 Å². The van der Waals surface area contributed by atoms with Crippen LogP contribution in [0.4, 0.5) is 0 Å². The van der Waals surface area contributed by atoms with Crippen molar-refractivity contribution in [3.05, 3.63) is 12.2 Å². The van der Waals surface area contributed by atoms with Crippen LogP contribution in [0.1, 0.15) is 34.6 Å². The molecule has 10 nitrogen and oxygen atoms in total. The first kappa shape index (κ1) is 22.6. The summed E-state index contributed by atoms with van der Waals surface area (Å²) in [5, 5.41) is 13.5. The van der Waals surface area contributed by atoms with Crippen LogP contribution in [0.15, 0.2) is 12.2 Å². The second-order valence-electron chi connectivity index (χ2n) is 6.26. The predicted octanol–water partition coefficient (Wildman–Crippen LogP) is -0.419. The van der Waals surface area contributed by atoms with Crippen molar-refractivity contribution >= 4 is 23.8 Å². The third-order valence-corrected chi connectivity index (χ3v) is 3.80. The average molecular weight is 387 g/mol. The molecule has 5 atom stereocenters. The second-order valence-corrected chi connectivity index (χ2v) is 6.26. The molecular weight excluding hydrogens is 362 g/mol. The zero-order chi connectivity index (χ0) is 20.9. The summed E-state index contributed by atoms with van der Waals surface area (Å²) in [4.78, 5) is 46.0. The highest BCUT2D eigenvalue weighted by Gasteiger charge is 2.58. The lowest BCUT2D eigenvalue weighted by atomic mass is 9.86. The van der Waals surface area contributed by atoms with Gasteiger partial charge in [0.15, 0.2) is 12.2 Å². The van der Waals surface area contributed by atoms with E-state index in [2.05, 4.69) is 11.9 Å². The topological polar surface area (TPSA) is 137 Å². The first-order chi connectivity index (χ1) is 12.4. The molecule has 0 saturated carbocycles. The van der Waals surface area contributed by atoms with Gasteiger partial charge in [-0.1, -0.05) is 6.58 Å². The van der Waals surface area contributed by atoms with E-state index in [-0.39, 0.29) is 5.57 Å². The van der Waals surface area contributed by atoms with Gasteiger partial charge < -0.3 is 29.4 Å². The van der Waals surface area contributed by atoms with E-state index in [4.69, 9.17) is 18.9 Å². The van der Waals surface area contributed by atoms with Gasteiger partial charge in [-0.3, -0.25) is 19.2 Å². The molecule has 0 aromatic heterocycles. The summed E-state index contributed by atoms with van der Waals surface area (Å²) in [7, 11) is 0. The number of esters is 3. The zero-order valence-corrected chi connectivity index (χ0v) is 15.9. The van der Waals surface area contributed by atoms with Crippen molar-refractivity contribution < 1.29 is 43.2 Å². The van der Waals surface area contributed by atoms with Crippen molar-refractivity contribution in [2.24, 2.45) is 0 Å². The van der Waals surface area contributed by atoms with Crippen molar-refractivity contribution in [2.75, 3.05) is 6.61 Å². The molecule has 152 valence electrons. The summed E-state index contributed by atoms with van der Waals surface area (Å²) in [5.41, 5.74) is 0.0903. The molecule has 27 heavy (non-hydrogen) atoms. The molecule has 1 amide bonds. The number of rotatable bonds is 6. The average Bonchev–Trinajstić information content (AvgIpc) is 2.50. The van der Waals surface area contributed by atoms with Gasteiger partial charge >= 0.3 is 17.9 Å². The molecule has 1 aliphatic heterocycles. The molecule has 1 saturated heterocycles. The fourth-order valence-corrected chi connectivity index (χ4v) is 2.75. The van der Waals surface area contributed by atoms with Crippen LogP contribution in [0.2, 0.25) is 0 Å². The molecule has 0 aromatic rings. The van der Waals surface area contributed by atoms with Crippen LogP contribution < -0.4 is 5.32 Å². The molecule has 10 heteroatoms. The van der Waals surface area contributed by atoms with Crippen LogP contribution in [0, 0.1) is 0 Å². The maximum Gasteiger partial charge on any atom is 0.303 e. The van der Waals surface area contributed by atoms with E-state index < -0.39 is 60.6 Å². The van der Waals surface area contributed by atoms with Crippen molar-refractivity contribution in [3.8, 4) is 0 Å². The largest absolute Gasteiger partial charge is 0.463 e. The van der Waals surface area contributed by atoms with Crippen LogP contribution in [-0.4, -0.2) is 65.7 Å². The molecule has 1 aliphatic rings. The third-order valence-electron chi connectivity index (χ3n) is 3.80. The molecule has 1 rings (SSSR count). The first-order valence-corrected chi connectivity index (χ1v) is 8.19. The number of carbonyl (C=O) groups excluding carboxylic acids is 4. The van der Waals surface area contributed by atoms with Crippen molar-refractivity contribution in [2.45, 2.75) is 64.8 Å². The number of amides is 1. The number of carbonyl (C=O) groups is 4. The van der Waals surface area contributed by atoms with Crippen molar-refractivity contribution in [1.82, 2.24) is 5.32 Å². The van der Waals surface area contributed by atoms with E-state index in [9.17, 15) is 24.3 Å². The fraction of sp³-hybridized carbons (Fsp3) is 0.647. The molecule has 1 fully saturated rings. The standard InChI is InChI=1S/C17H25NO9/c1-8(2)17(23)16(18-9(3)19)15(26-12(6)22)14(25-11(5)21)13(27-17)7-24-10(4)20/h13-16,23H,1,7H2,2-6H3,(H,18,19)/t13-,14+,15+,16-,17+/m1/s1. The Labute approximate surface area is 156 Å². The number of aliphatic hydroxyl groups is 1. The Hall–Kier alpha value is -2.46. The number of hydrogen-bond donors (Lipinski definition) is 2. The van der Waals surface area contributed by atoms with Gasteiger partial charge in [0.1, 0.15) is 18.8 Å². The number of nitrogens with one attached hydrogen (secondary N) is 1. The molecular formula is C17H25NO9. The minimum absolute atomic E-state index is 0.0903. The second kappa shape index (κ2) is 8.96. The van der Waals surface area contributed by atoms with E-state index in [0.29, 0.717) is 0 Å².